The molecule has 2 heteroatoms. The van der Waals surface area contributed by atoms with Crippen molar-refractivity contribution in [3.63, 3.8) is 0 Å². The van der Waals surface area contributed by atoms with Crippen LogP contribution in [0.1, 0.15) is 30.1 Å². The fourth-order valence-corrected chi connectivity index (χ4v) is 2.17. The molecule has 2 rings (SSSR count). The van der Waals surface area contributed by atoms with Gasteiger partial charge in [0.1, 0.15) is 0 Å². The highest BCUT2D eigenvalue weighted by Gasteiger charge is 2.22. The Morgan fingerprint density at radius 2 is 2.14 bits per heavy atom. The predicted octanol–water partition coefficient (Wildman–Crippen LogP) is 3.45. The maximum Gasteiger partial charge on any atom is 0.0841 e. The molecule has 0 amide bonds. The number of hydrogen-bond acceptors (Lipinski definition) is 1. The minimum atomic E-state index is 0.201. The zero-order chi connectivity index (χ0) is 9.97. The molecule has 0 radical (unpaired) electrons. The van der Waals surface area contributed by atoms with Gasteiger partial charge in [-0.15, -0.1) is 11.6 Å². The van der Waals surface area contributed by atoms with Crippen LogP contribution in [0.2, 0.25) is 0 Å². The molecule has 1 fully saturated rings. The first-order valence-electron chi connectivity index (χ1n) is 5.08. The second kappa shape index (κ2) is 4.33. The molecule has 0 bridgehead atoms. The average Bonchev–Trinajstić information content (AvgIpc) is 2.18. The highest BCUT2D eigenvalue weighted by atomic mass is 35.5. The molecule has 1 aromatic rings. The Kier molecular flexibility index (Phi) is 3.09. The largest absolute Gasteiger partial charge is 0.373 e. The molecular formula is C12H15ClO. The van der Waals surface area contributed by atoms with Crippen molar-refractivity contribution in [2.24, 2.45) is 0 Å². The Hall–Kier alpha value is -0.530. The molecule has 1 aliphatic rings. The number of benzene rings is 1. The van der Waals surface area contributed by atoms with Crippen LogP contribution in [0.5, 0.6) is 0 Å². The number of rotatable bonds is 1. The van der Waals surface area contributed by atoms with Gasteiger partial charge < -0.3 is 4.74 Å². The van der Waals surface area contributed by atoms with E-state index in [2.05, 4.69) is 31.2 Å². The molecule has 1 saturated heterocycles. The molecular weight excluding hydrogens is 196 g/mol. The van der Waals surface area contributed by atoms with E-state index in [9.17, 15) is 0 Å². The van der Waals surface area contributed by atoms with Crippen molar-refractivity contribution in [3.05, 3.63) is 35.4 Å². The predicted molar refractivity (Wildman–Crippen MR) is 58.7 cm³/mol. The standard InChI is InChI=1S/C12H15ClO/c1-9-4-2-3-5-11(9)12-8-10(13)6-7-14-12/h2-5,10,12H,6-8H2,1H3/t10-,12+/m0/s1. The summed E-state index contributed by atoms with van der Waals surface area (Å²) in [4.78, 5) is 0. The van der Waals surface area contributed by atoms with Gasteiger partial charge in [0, 0.05) is 12.0 Å². The molecule has 1 heterocycles. The lowest BCUT2D eigenvalue weighted by atomic mass is 9.97. The maximum absolute atomic E-state index is 6.13. The molecule has 1 nitrogen and oxygen atoms in total. The summed E-state index contributed by atoms with van der Waals surface area (Å²) < 4.78 is 5.73. The van der Waals surface area contributed by atoms with Gasteiger partial charge in [0.05, 0.1) is 6.10 Å². The number of alkyl halides is 1. The van der Waals surface area contributed by atoms with Gasteiger partial charge in [0.15, 0.2) is 0 Å². The van der Waals surface area contributed by atoms with Crippen molar-refractivity contribution in [1.29, 1.82) is 0 Å². The molecule has 0 aliphatic carbocycles. The van der Waals surface area contributed by atoms with Gasteiger partial charge in [0.2, 0.25) is 0 Å². The van der Waals surface area contributed by atoms with Crippen LogP contribution in [0.15, 0.2) is 24.3 Å². The van der Waals surface area contributed by atoms with E-state index < -0.39 is 0 Å². The van der Waals surface area contributed by atoms with E-state index >= 15 is 0 Å². The summed E-state index contributed by atoms with van der Waals surface area (Å²) in [7, 11) is 0. The number of aryl methyl sites for hydroxylation is 1. The fraction of sp³-hybridized carbons (Fsp3) is 0.500. The van der Waals surface area contributed by atoms with Crippen molar-refractivity contribution in [3.8, 4) is 0 Å². The lowest BCUT2D eigenvalue weighted by Crippen LogP contribution is -2.20. The molecule has 0 spiro atoms. The maximum atomic E-state index is 6.13. The second-order valence-corrected chi connectivity index (χ2v) is 4.45. The number of halogens is 1. The zero-order valence-corrected chi connectivity index (χ0v) is 9.13. The van der Waals surface area contributed by atoms with Crippen LogP contribution in [-0.2, 0) is 4.74 Å². The summed E-state index contributed by atoms with van der Waals surface area (Å²) in [5, 5.41) is 0.272. The van der Waals surface area contributed by atoms with Gasteiger partial charge in [-0.3, -0.25) is 0 Å². The molecule has 0 N–H and O–H groups in total. The summed E-state index contributed by atoms with van der Waals surface area (Å²) in [5.41, 5.74) is 2.58. The molecule has 0 aromatic heterocycles. The molecule has 0 saturated carbocycles. The zero-order valence-electron chi connectivity index (χ0n) is 8.37. The minimum absolute atomic E-state index is 0.201. The normalized spacial score (nSPS) is 27.6. The third kappa shape index (κ3) is 2.10. The van der Waals surface area contributed by atoms with Gasteiger partial charge in [-0.1, -0.05) is 24.3 Å². The van der Waals surface area contributed by atoms with Gasteiger partial charge in [-0.25, -0.2) is 0 Å². The van der Waals surface area contributed by atoms with Gasteiger partial charge in [-0.2, -0.15) is 0 Å². The van der Waals surface area contributed by atoms with E-state index in [1.54, 1.807) is 0 Å². The van der Waals surface area contributed by atoms with Gasteiger partial charge >= 0.3 is 0 Å². The van der Waals surface area contributed by atoms with Gasteiger partial charge in [0.25, 0.3) is 0 Å². The third-order valence-electron chi connectivity index (χ3n) is 2.76. The van der Waals surface area contributed by atoms with Crippen LogP contribution >= 0.6 is 11.6 Å². The van der Waals surface area contributed by atoms with Crippen molar-refractivity contribution in [2.75, 3.05) is 6.61 Å². The van der Waals surface area contributed by atoms with Crippen molar-refractivity contribution < 1.29 is 4.74 Å². The van der Waals surface area contributed by atoms with Gasteiger partial charge in [-0.05, 0) is 30.9 Å². The average molecular weight is 211 g/mol. The summed E-state index contributed by atoms with van der Waals surface area (Å²) in [6.45, 7) is 2.91. The van der Waals surface area contributed by atoms with E-state index in [1.807, 2.05) is 0 Å². The summed E-state index contributed by atoms with van der Waals surface area (Å²) >= 11 is 6.13. The van der Waals surface area contributed by atoms with Crippen LogP contribution < -0.4 is 0 Å². The monoisotopic (exact) mass is 210 g/mol. The molecule has 1 aliphatic heterocycles. The van der Waals surface area contributed by atoms with E-state index in [0.717, 1.165) is 19.4 Å². The first-order chi connectivity index (χ1) is 6.77. The van der Waals surface area contributed by atoms with Crippen LogP contribution in [0.3, 0.4) is 0 Å². The lowest BCUT2D eigenvalue weighted by Gasteiger charge is -2.27. The quantitative estimate of drug-likeness (QED) is 0.646. The SMILES string of the molecule is Cc1ccccc1[C@H]1C[C@@H](Cl)CCO1. The Morgan fingerprint density at radius 1 is 1.36 bits per heavy atom. The molecule has 14 heavy (non-hydrogen) atoms. The fourth-order valence-electron chi connectivity index (χ4n) is 1.92. The molecule has 1 aromatic carbocycles. The van der Waals surface area contributed by atoms with Crippen molar-refractivity contribution in [1.82, 2.24) is 0 Å². The van der Waals surface area contributed by atoms with E-state index in [4.69, 9.17) is 16.3 Å². The molecule has 0 unspecified atom stereocenters. The smallest absolute Gasteiger partial charge is 0.0841 e. The van der Waals surface area contributed by atoms with E-state index in [1.165, 1.54) is 11.1 Å². The summed E-state index contributed by atoms with van der Waals surface area (Å²) in [5.74, 6) is 0. The molecule has 76 valence electrons. The number of hydrogen-bond donors (Lipinski definition) is 0. The van der Waals surface area contributed by atoms with Crippen LogP contribution in [0.4, 0.5) is 0 Å². The van der Waals surface area contributed by atoms with Crippen LogP contribution in [0, 0.1) is 6.92 Å². The molecule has 2 atom stereocenters. The highest BCUT2D eigenvalue weighted by molar-refractivity contribution is 6.20. The van der Waals surface area contributed by atoms with Crippen LogP contribution in [0.25, 0.3) is 0 Å². The highest BCUT2D eigenvalue weighted by Crippen LogP contribution is 2.32. The van der Waals surface area contributed by atoms with E-state index in [0.29, 0.717) is 0 Å². The first kappa shape index (κ1) is 10.0. The second-order valence-electron chi connectivity index (χ2n) is 3.84. The third-order valence-corrected chi connectivity index (χ3v) is 3.15. The Morgan fingerprint density at radius 3 is 2.86 bits per heavy atom. The summed E-state index contributed by atoms with van der Waals surface area (Å²) in [6.07, 6.45) is 2.11. The Balaban J connectivity index is 2.18. The lowest BCUT2D eigenvalue weighted by molar-refractivity contribution is 0.0165. The van der Waals surface area contributed by atoms with Crippen LogP contribution in [-0.4, -0.2) is 12.0 Å². The van der Waals surface area contributed by atoms with E-state index in [-0.39, 0.29) is 11.5 Å². The summed E-state index contributed by atoms with van der Waals surface area (Å²) in [6, 6.07) is 8.37. The number of ether oxygens (including phenoxy) is 1. The topological polar surface area (TPSA) is 9.23 Å². The Labute approximate surface area is 90.0 Å². The first-order valence-corrected chi connectivity index (χ1v) is 5.52. The minimum Gasteiger partial charge on any atom is -0.373 e. The Bertz CT molecular complexity index is 311. The van der Waals surface area contributed by atoms with Crippen molar-refractivity contribution >= 4 is 11.6 Å². The van der Waals surface area contributed by atoms with Crippen molar-refractivity contribution in [2.45, 2.75) is 31.2 Å².